The molecule has 8 nitrogen and oxygen atoms in total. The van der Waals surface area contributed by atoms with Crippen molar-refractivity contribution >= 4 is 21.8 Å². The molecule has 0 bridgehead atoms. The Kier molecular flexibility index (Phi) is 5.88. The molecule has 0 saturated carbocycles. The van der Waals surface area contributed by atoms with Crippen LogP contribution in [-0.4, -0.2) is 58.6 Å². The first kappa shape index (κ1) is 21.2. The van der Waals surface area contributed by atoms with E-state index in [2.05, 4.69) is 26.1 Å². The lowest BCUT2D eigenvalue weighted by molar-refractivity contribution is 0.0723. The van der Waals surface area contributed by atoms with Crippen molar-refractivity contribution in [3.05, 3.63) is 57.7 Å². The number of ether oxygens (including phenoxy) is 2. The number of halogens is 1. The lowest BCUT2D eigenvalue weighted by Crippen LogP contribution is -2.31. The SMILES string of the molecule is COCCCN1C(=O)c2[nH]nc(-c3ccccc3O)c2C1c1cc(Br)c(O)c(OC)c1. The molecule has 0 aliphatic carbocycles. The van der Waals surface area contributed by atoms with Gasteiger partial charge in [-0.05, 0) is 52.2 Å². The minimum atomic E-state index is -0.487. The topological polar surface area (TPSA) is 108 Å². The molecule has 2 aromatic carbocycles. The van der Waals surface area contributed by atoms with E-state index in [0.717, 1.165) is 5.56 Å². The minimum Gasteiger partial charge on any atom is -0.507 e. The third kappa shape index (κ3) is 3.64. The van der Waals surface area contributed by atoms with E-state index in [0.29, 0.717) is 46.6 Å². The molecule has 1 unspecified atom stereocenters. The third-order valence-electron chi connectivity index (χ3n) is 5.36. The van der Waals surface area contributed by atoms with Gasteiger partial charge < -0.3 is 24.6 Å². The van der Waals surface area contributed by atoms with Gasteiger partial charge in [-0.2, -0.15) is 5.10 Å². The summed E-state index contributed by atoms with van der Waals surface area (Å²) in [5, 5.41) is 27.9. The third-order valence-corrected chi connectivity index (χ3v) is 5.96. The molecule has 0 saturated heterocycles. The highest BCUT2D eigenvalue weighted by molar-refractivity contribution is 9.10. The van der Waals surface area contributed by atoms with Gasteiger partial charge >= 0.3 is 0 Å². The maximum Gasteiger partial charge on any atom is 0.273 e. The number of phenolic OH excluding ortho intramolecular Hbond substituents is 2. The number of para-hydroxylation sites is 1. The van der Waals surface area contributed by atoms with Crippen molar-refractivity contribution in [2.75, 3.05) is 27.4 Å². The van der Waals surface area contributed by atoms with Crippen LogP contribution in [0.1, 0.15) is 34.1 Å². The number of amides is 1. The Balaban J connectivity index is 1.89. The van der Waals surface area contributed by atoms with Gasteiger partial charge in [0.25, 0.3) is 5.91 Å². The molecule has 2 heterocycles. The van der Waals surface area contributed by atoms with Crippen LogP contribution in [0.4, 0.5) is 0 Å². The van der Waals surface area contributed by atoms with Gasteiger partial charge in [0.15, 0.2) is 11.5 Å². The molecule has 3 N–H and O–H groups in total. The van der Waals surface area contributed by atoms with Crippen LogP contribution in [0.25, 0.3) is 11.3 Å². The van der Waals surface area contributed by atoms with Crippen molar-refractivity contribution in [2.45, 2.75) is 12.5 Å². The second kappa shape index (κ2) is 8.60. The molecule has 1 aromatic heterocycles. The number of benzene rings is 2. The summed E-state index contributed by atoms with van der Waals surface area (Å²) in [6.07, 6.45) is 0.652. The van der Waals surface area contributed by atoms with Gasteiger partial charge in [0.2, 0.25) is 0 Å². The van der Waals surface area contributed by atoms with Gasteiger partial charge in [-0.15, -0.1) is 0 Å². The van der Waals surface area contributed by atoms with Crippen molar-refractivity contribution in [1.29, 1.82) is 0 Å². The van der Waals surface area contributed by atoms with E-state index in [1.54, 1.807) is 48.4 Å². The van der Waals surface area contributed by atoms with Gasteiger partial charge in [-0.25, -0.2) is 0 Å². The zero-order valence-electron chi connectivity index (χ0n) is 17.1. The van der Waals surface area contributed by atoms with E-state index in [4.69, 9.17) is 9.47 Å². The van der Waals surface area contributed by atoms with Crippen LogP contribution in [0, 0.1) is 0 Å². The van der Waals surface area contributed by atoms with Crippen LogP contribution < -0.4 is 4.74 Å². The first-order chi connectivity index (χ1) is 15.0. The molecule has 1 aliphatic rings. The van der Waals surface area contributed by atoms with Crippen molar-refractivity contribution < 1.29 is 24.5 Å². The zero-order valence-corrected chi connectivity index (χ0v) is 18.6. The Hall–Kier alpha value is -3.04. The number of aromatic amines is 1. The number of hydrogen-bond acceptors (Lipinski definition) is 6. The molecule has 0 radical (unpaired) electrons. The first-order valence-electron chi connectivity index (χ1n) is 9.70. The second-order valence-electron chi connectivity index (χ2n) is 7.18. The summed E-state index contributed by atoms with van der Waals surface area (Å²) in [6, 6.07) is 9.85. The van der Waals surface area contributed by atoms with Crippen LogP contribution in [0.15, 0.2) is 40.9 Å². The summed E-state index contributed by atoms with van der Waals surface area (Å²) in [5.74, 6) is 0.156. The lowest BCUT2D eigenvalue weighted by Gasteiger charge is -2.27. The molecule has 3 aromatic rings. The standard InChI is InChI=1S/C22H22BrN3O5/c1-30-9-5-8-26-20(12-10-14(23)21(28)16(11-12)31-2)17-18(24-25-19(17)22(26)29)13-6-3-4-7-15(13)27/h3-4,6-7,10-11,20,27-28H,5,8-9H2,1-2H3,(H,24,25). The quantitative estimate of drug-likeness (QED) is 0.437. The molecule has 1 aliphatic heterocycles. The average molecular weight is 488 g/mol. The molecule has 0 fully saturated rings. The fourth-order valence-corrected chi connectivity index (χ4v) is 4.40. The number of hydrogen-bond donors (Lipinski definition) is 3. The van der Waals surface area contributed by atoms with Gasteiger partial charge in [0.05, 0.1) is 17.6 Å². The van der Waals surface area contributed by atoms with Crippen LogP contribution in [0.2, 0.25) is 0 Å². The van der Waals surface area contributed by atoms with Crippen molar-refractivity contribution in [2.24, 2.45) is 0 Å². The summed E-state index contributed by atoms with van der Waals surface area (Å²) < 4.78 is 10.9. The minimum absolute atomic E-state index is 0.0187. The second-order valence-corrected chi connectivity index (χ2v) is 8.03. The summed E-state index contributed by atoms with van der Waals surface area (Å²) in [7, 11) is 3.09. The van der Waals surface area contributed by atoms with Crippen molar-refractivity contribution in [3.63, 3.8) is 0 Å². The van der Waals surface area contributed by atoms with Gasteiger partial charge in [0, 0.05) is 31.4 Å². The number of H-pyrrole nitrogens is 1. The van der Waals surface area contributed by atoms with Gasteiger partial charge in [-0.1, -0.05) is 12.1 Å². The highest BCUT2D eigenvalue weighted by atomic mass is 79.9. The summed E-state index contributed by atoms with van der Waals surface area (Å²) in [6.45, 7) is 0.971. The number of methoxy groups -OCH3 is 2. The van der Waals surface area contributed by atoms with Crippen molar-refractivity contribution in [3.8, 4) is 28.5 Å². The van der Waals surface area contributed by atoms with E-state index in [9.17, 15) is 15.0 Å². The number of phenols is 2. The number of carbonyl (C=O) groups excluding carboxylic acids is 1. The zero-order chi connectivity index (χ0) is 22.1. The van der Waals surface area contributed by atoms with E-state index in [1.807, 2.05) is 0 Å². The summed E-state index contributed by atoms with van der Waals surface area (Å²) >= 11 is 3.37. The molecule has 1 atom stereocenters. The molecule has 31 heavy (non-hydrogen) atoms. The number of nitrogens with zero attached hydrogens (tertiary/aromatic N) is 2. The van der Waals surface area contributed by atoms with Crippen LogP contribution in [0.3, 0.4) is 0 Å². The maximum atomic E-state index is 13.3. The van der Waals surface area contributed by atoms with E-state index in [-0.39, 0.29) is 23.2 Å². The Morgan fingerprint density at radius 2 is 2.00 bits per heavy atom. The van der Waals surface area contributed by atoms with E-state index >= 15 is 0 Å². The van der Waals surface area contributed by atoms with Crippen molar-refractivity contribution in [1.82, 2.24) is 15.1 Å². The fourth-order valence-electron chi connectivity index (χ4n) is 3.94. The molecule has 0 spiro atoms. The predicted molar refractivity (Wildman–Crippen MR) is 117 cm³/mol. The monoisotopic (exact) mass is 487 g/mol. The maximum absolute atomic E-state index is 13.3. The Morgan fingerprint density at radius 3 is 2.71 bits per heavy atom. The summed E-state index contributed by atoms with van der Waals surface area (Å²) in [5.41, 5.74) is 2.82. The molecular formula is C22H22BrN3O5. The van der Waals surface area contributed by atoms with Crippen LogP contribution in [-0.2, 0) is 4.74 Å². The Labute approximate surface area is 187 Å². The molecule has 9 heteroatoms. The Morgan fingerprint density at radius 1 is 1.23 bits per heavy atom. The number of aromatic nitrogens is 2. The normalized spacial score (nSPS) is 15.4. The fraction of sp³-hybridized carbons (Fsp3) is 0.273. The van der Waals surface area contributed by atoms with E-state index < -0.39 is 6.04 Å². The number of rotatable bonds is 7. The molecular weight excluding hydrogens is 466 g/mol. The number of aromatic hydroxyl groups is 2. The lowest BCUT2D eigenvalue weighted by atomic mass is 9.95. The van der Waals surface area contributed by atoms with Crippen LogP contribution in [0.5, 0.6) is 17.2 Å². The highest BCUT2D eigenvalue weighted by Crippen LogP contribution is 2.47. The first-order valence-corrected chi connectivity index (χ1v) is 10.5. The van der Waals surface area contributed by atoms with Gasteiger partial charge in [0.1, 0.15) is 17.1 Å². The van der Waals surface area contributed by atoms with Gasteiger partial charge in [-0.3, -0.25) is 9.89 Å². The molecule has 162 valence electrons. The number of carbonyl (C=O) groups is 1. The molecule has 4 rings (SSSR count). The van der Waals surface area contributed by atoms with E-state index in [1.165, 1.54) is 7.11 Å². The average Bonchev–Trinajstić information content (AvgIpc) is 3.30. The highest BCUT2D eigenvalue weighted by Gasteiger charge is 2.42. The predicted octanol–water partition coefficient (Wildman–Crippen LogP) is 3.84. The number of fused-ring (bicyclic) bond motifs is 1. The number of nitrogens with one attached hydrogen (secondary N) is 1. The summed E-state index contributed by atoms with van der Waals surface area (Å²) in [4.78, 5) is 15.0. The molecule has 1 amide bonds. The Bertz CT molecular complexity index is 1130. The smallest absolute Gasteiger partial charge is 0.273 e. The largest absolute Gasteiger partial charge is 0.507 e. The van der Waals surface area contributed by atoms with Crippen LogP contribution >= 0.6 is 15.9 Å².